The maximum absolute atomic E-state index is 5.50. The van der Waals surface area contributed by atoms with Crippen LogP contribution in [0.4, 0.5) is 0 Å². The third-order valence-electron chi connectivity index (χ3n) is 2.98. The van der Waals surface area contributed by atoms with Crippen molar-refractivity contribution in [1.29, 1.82) is 0 Å². The molecule has 0 saturated heterocycles. The van der Waals surface area contributed by atoms with Crippen molar-refractivity contribution in [3.8, 4) is 0 Å². The summed E-state index contributed by atoms with van der Waals surface area (Å²) in [5.74, 6) is 0. The van der Waals surface area contributed by atoms with Crippen LogP contribution in [0.2, 0.25) is 0 Å². The van der Waals surface area contributed by atoms with Crippen LogP contribution in [0.1, 0.15) is 35.1 Å². The van der Waals surface area contributed by atoms with E-state index in [1.165, 1.54) is 35.1 Å². The molecule has 0 saturated carbocycles. The number of unbranched alkanes of at least 4 members (excludes halogenated alkanes) is 1. The Morgan fingerprint density at radius 1 is 1.00 bits per heavy atom. The van der Waals surface area contributed by atoms with Gasteiger partial charge in [0.1, 0.15) is 0 Å². The fraction of sp³-hybridized carbons (Fsp3) is 0.538. The van der Waals surface area contributed by atoms with Gasteiger partial charge in [-0.3, -0.25) is 0 Å². The Bertz CT molecular complexity index is 302. The molecule has 78 valence electrons. The molecule has 0 spiro atoms. The zero-order chi connectivity index (χ0) is 10.6. The summed E-state index contributed by atoms with van der Waals surface area (Å²) >= 11 is 0. The molecule has 0 aliphatic carbocycles. The Morgan fingerprint density at radius 3 is 2.29 bits per heavy atom. The van der Waals surface area contributed by atoms with Gasteiger partial charge >= 0.3 is 0 Å². The van der Waals surface area contributed by atoms with Crippen LogP contribution >= 0.6 is 0 Å². The van der Waals surface area contributed by atoms with Crippen molar-refractivity contribution in [2.24, 2.45) is 5.73 Å². The molecule has 2 N–H and O–H groups in total. The number of rotatable bonds is 4. The SMILES string of the molecule is Cc1ccc(C)c(CCCCN)c1C. The average Bonchev–Trinajstić information content (AvgIpc) is 2.18. The summed E-state index contributed by atoms with van der Waals surface area (Å²) in [4.78, 5) is 0. The van der Waals surface area contributed by atoms with E-state index in [1.54, 1.807) is 0 Å². The van der Waals surface area contributed by atoms with Crippen LogP contribution in [0.15, 0.2) is 12.1 Å². The molecule has 1 aromatic rings. The molecule has 1 heteroatoms. The third-order valence-corrected chi connectivity index (χ3v) is 2.98. The first kappa shape index (κ1) is 11.3. The van der Waals surface area contributed by atoms with Crippen molar-refractivity contribution < 1.29 is 0 Å². The van der Waals surface area contributed by atoms with Crippen molar-refractivity contribution in [2.75, 3.05) is 6.54 Å². The number of aryl methyl sites for hydroxylation is 2. The standard InChI is InChI=1S/C13H21N/c1-10-7-8-11(2)13(12(10)3)6-4-5-9-14/h7-8H,4-6,9,14H2,1-3H3. The molecule has 0 heterocycles. The lowest BCUT2D eigenvalue weighted by atomic mass is 9.94. The fourth-order valence-electron chi connectivity index (χ4n) is 1.84. The van der Waals surface area contributed by atoms with Crippen LogP contribution in [0.3, 0.4) is 0 Å². The van der Waals surface area contributed by atoms with Crippen LogP contribution in [0.5, 0.6) is 0 Å². The van der Waals surface area contributed by atoms with E-state index in [9.17, 15) is 0 Å². The molecule has 1 aromatic carbocycles. The molecular formula is C13H21N. The highest BCUT2D eigenvalue weighted by atomic mass is 14.5. The summed E-state index contributed by atoms with van der Waals surface area (Å²) in [7, 11) is 0. The Morgan fingerprint density at radius 2 is 1.64 bits per heavy atom. The lowest BCUT2D eigenvalue weighted by Crippen LogP contribution is -2.01. The molecule has 14 heavy (non-hydrogen) atoms. The second-order valence-electron chi connectivity index (χ2n) is 4.05. The molecule has 0 fully saturated rings. The highest BCUT2D eigenvalue weighted by Gasteiger charge is 2.04. The molecule has 0 radical (unpaired) electrons. The first-order chi connectivity index (χ1) is 6.66. The zero-order valence-corrected chi connectivity index (χ0v) is 9.56. The van der Waals surface area contributed by atoms with E-state index in [0.29, 0.717) is 0 Å². The lowest BCUT2D eigenvalue weighted by Gasteiger charge is -2.11. The van der Waals surface area contributed by atoms with Gasteiger partial charge in [0.2, 0.25) is 0 Å². The van der Waals surface area contributed by atoms with E-state index in [1.807, 2.05) is 0 Å². The fourth-order valence-corrected chi connectivity index (χ4v) is 1.84. The van der Waals surface area contributed by atoms with Crippen LogP contribution in [-0.2, 0) is 6.42 Å². The van der Waals surface area contributed by atoms with Gasteiger partial charge < -0.3 is 5.73 Å². The van der Waals surface area contributed by atoms with Crippen molar-refractivity contribution >= 4 is 0 Å². The monoisotopic (exact) mass is 191 g/mol. The van der Waals surface area contributed by atoms with Gasteiger partial charge in [-0.2, -0.15) is 0 Å². The summed E-state index contributed by atoms with van der Waals surface area (Å²) in [5, 5.41) is 0. The molecule has 0 bridgehead atoms. The summed E-state index contributed by atoms with van der Waals surface area (Å²) in [6, 6.07) is 4.43. The first-order valence-electron chi connectivity index (χ1n) is 5.42. The third kappa shape index (κ3) is 2.58. The number of benzene rings is 1. The van der Waals surface area contributed by atoms with Gasteiger partial charge in [-0.25, -0.2) is 0 Å². The van der Waals surface area contributed by atoms with Gasteiger partial charge in [-0.15, -0.1) is 0 Å². The Hall–Kier alpha value is -0.820. The van der Waals surface area contributed by atoms with E-state index in [0.717, 1.165) is 13.0 Å². The zero-order valence-electron chi connectivity index (χ0n) is 9.56. The quantitative estimate of drug-likeness (QED) is 0.728. The van der Waals surface area contributed by atoms with E-state index in [4.69, 9.17) is 5.73 Å². The molecule has 0 aliphatic heterocycles. The molecule has 0 aliphatic rings. The molecular weight excluding hydrogens is 170 g/mol. The predicted octanol–water partition coefficient (Wildman–Crippen LogP) is 2.89. The van der Waals surface area contributed by atoms with E-state index in [-0.39, 0.29) is 0 Å². The van der Waals surface area contributed by atoms with Gasteiger partial charge in [0.15, 0.2) is 0 Å². The molecule has 0 aromatic heterocycles. The summed E-state index contributed by atoms with van der Waals surface area (Å²) in [5.41, 5.74) is 11.3. The summed E-state index contributed by atoms with van der Waals surface area (Å²) in [6.07, 6.45) is 3.52. The van der Waals surface area contributed by atoms with Crippen molar-refractivity contribution in [2.45, 2.75) is 40.0 Å². The first-order valence-corrected chi connectivity index (χ1v) is 5.42. The van der Waals surface area contributed by atoms with Crippen LogP contribution < -0.4 is 5.73 Å². The molecule has 0 amide bonds. The van der Waals surface area contributed by atoms with Gasteiger partial charge in [-0.05, 0) is 68.8 Å². The van der Waals surface area contributed by atoms with Crippen molar-refractivity contribution in [3.05, 3.63) is 34.4 Å². The van der Waals surface area contributed by atoms with E-state index < -0.39 is 0 Å². The molecule has 1 rings (SSSR count). The minimum Gasteiger partial charge on any atom is -0.330 e. The molecule has 0 atom stereocenters. The number of hydrogen-bond acceptors (Lipinski definition) is 1. The maximum Gasteiger partial charge on any atom is -0.00772 e. The maximum atomic E-state index is 5.50. The second kappa shape index (κ2) is 5.16. The summed E-state index contributed by atoms with van der Waals surface area (Å²) < 4.78 is 0. The largest absolute Gasteiger partial charge is 0.330 e. The van der Waals surface area contributed by atoms with Crippen molar-refractivity contribution in [1.82, 2.24) is 0 Å². The second-order valence-corrected chi connectivity index (χ2v) is 4.05. The Balaban J connectivity index is 2.79. The number of nitrogens with two attached hydrogens (primary N) is 1. The van der Waals surface area contributed by atoms with E-state index in [2.05, 4.69) is 32.9 Å². The van der Waals surface area contributed by atoms with Crippen molar-refractivity contribution in [3.63, 3.8) is 0 Å². The predicted molar refractivity (Wildman–Crippen MR) is 62.6 cm³/mol. The van der Waals surface area contributed by atoms with Gasteiger partial charge in [0.25, 0.3) is 0 Å². The highest BCUT2D eigenvalue weighted by molar-refractivity contribution is 5.39. The van der Waals surface area contributed by atoms with Crippen LogP contribution in [0.25, 0.3) is 0 Å². The average molecular weight is 191 g/mol. The minimum absolute atomic E-state index is 0.809. The lowest BCUT2D eigenvalue weighted by molar-refractivity contribution is 0.739. The van der Waals surface area contributed by atoms with E-state index >= 15 is 0 Å². The molecule has 1 nitrogen and oxygen atoms in total. The Kier molecular flexibility index (Phi) is 4.15. The Labute approximate surface area is 87.3 Å². The van der Waals surface area contributed by atoms with Crippen LogP contribution in [-0.4, -0.2) is 6.54 Å². The minimum atomic E-state index is 0.809. The normalized spacial score (nSPS) is 10.6. The van der Waals surface area contributed by atoms with Gasteiger partial charge in [0.05, 0.1) is 0 Å². The number of hydrogen-bond donors (Lipinski definition) is 1. The summed E-state index contributed by atoms with van der Waals surface area (Å²) in [6.45, 7) is 7.41. The smallest absolute Gasteiger partial charge is 0.00772 e. The van der Waals surface area contributed by atoms with Crippen LogP contribution in [0, 0.1) is 20.8 Å². The topological polar surface area (TPSA) is 26.0 Å². The van der Waals surface area contributed by atoms with Gasteiger partial charge in [0, 0.05) is 0 Å². The molecule has 0 unspecified atom stereocenters. The highest BCUT2D eigenvalue weighted by Crippen LogP contribution is 2.19. The van der Waals surface area contributed by atoms with Gasteiger partial charge in [-0.1, -0.05) is 12.1 Å².